The van der Waals surface area contributed by atoms with Crippen molar-refractivity contribution in [2.45, 2.75) is 380 Å². The van der Waals surface area contributed by atoms with Crippen molar-refractivity contribution in [2.75, 3.05) is 39.6 Å². The van der Waals surface area contributed by atoms with Crippen molar-refractivity contribution in [1.82, 2.24) is 0 Å². The summed E-state index contributed by atoms with van der Waals surface area (Å²) in [6.07, 6.45) is 90.1. The Kier molecular flexibility index (Phi) is 77.1. The van der Waals surface area contributed by atoms with Gasteiger partial charge in [-0.25, -0.2) is 9.13 Å². The van der Waals surface area contributed by atoms with E-state index in [0.29, 0.717) is 25.7 Å². The molecule has 0 aromatic carbocycles. The predicted molar refractivity (Wildman–Crippen MR) is 445 cm³/mol. The van der Waals surface area contributed by atoms with Gasteiger partial charge in [-0.1, -0.05) is 323 Å². The molecule has 0 aromatic heterocycles. The minimum Gasteiger partial charge on any atom is -0.462 e. The molecule has 0 aliphatic carbocycles. The van der Waals surface area contributed by atoms with Crippen LogP contribution in [0, 0.1) is 0 Å². The normalized spacial score (nSPS) is 14.4. The molecule has 5 atom stereocenters. The number of carbonyl (C=O) groups excluding carboxylic acids is 4. The third kappa shape index (κ3) is 79.5. The van der Waals surface area contributed by atoms with Crippen LogP contribution in [-0.2, 0) is 65.4 Å². The molecule has 622 valence electrons. The van der Waals surface area contributed by atoms with E-state index in [9.17, 15) is 43.2 Å². The molecule has 17 nitrogen and oxygen atoms in total. The maximum Gasteiger partial charge on any atom is 0.472 e. The summed E-state index contributed by atoms with van der Waals surface area (Å²) in [5.74, 6) is -2.20. The fourth-order valence-electron chi connectivity index (χ4n) is 11.5. The number of carbonyl (C=O) groups is 4. The first-order valence-corrected chi connectivity index (χ1v) is 45.8. The highest BCUT2D eigenvalue weighted by Crippen LogP contribution is 2.45. The van der Waals surface area contributed by atoms with Crippen LogP contribution in [0.4, 0.5) is 0 Å². The number of aliphatic hydroxyl groups excluding tert-OH is 1. The molecule has 0 saturated heterocycles. The summed E-state index contributed by atoms with van der Waals surface area (Å²) in [6.45, 7) is 4.64. The van der Waals surface area contributed by atoms with Crippen molar-refractivity contribution < 1.29 is 80.2 Å². The molecule has 0 bridgehead atoms. The summed E-state index contributed by atoms with van der Waals surface area (Å²) in [5, 5.41) is 10.7. The lowest BCUT2D eigenvalue weighted by Gasteiger charge is -2.21. The van der Waals surface area contributed by atoms with Gasteiger partial charge in [0, 0.05) is 25.7 Å². The summed E-state index contributed by atoms with van der Waals surface area (Å²) in [6, 6.07) is 0. The van der Waals surface area contributed by atoms with E-state index in [4.69, 9.17) is 37.0 Å². The zero-order valence-electron chi connectivity index (χ0n) is 68.2. The highest BCUT2D eigenvalue weighted by Gasteiger charge is 2.30. The van der Waals surface area contributed by atoms with Crippen LogP contribution in [0.2, 0.25) is 0 Å². The largest absolute Gasteiger partial charge is 0.472 e. The molecule has 0 aliphatic heterocycles. The molecule has 0 radical (unpaired) electrons. The molecule has 5 unspecified atom stereocenters. The van der Waals surface area contributed by atoms with E-state index < -0.39 is 97.5 Å². The van der Waals surface area contributed by atoms with Crippen molar-refractivity contribution in [3.05, 3.63) is 122 Å². The third-order valence-corrected chi connectivity index (χ3v) is 19.8. The van der Waals surface area contributed by atoms with Crippen LogP contribution in [-0.4, -0.2) is 96.7 Å². The topological polar surface area (TPSA) is 237 Å². The van der Waals surface area contributed by atoms with Gasteiger partial charge in [-0.15, -0.1) is 0 Å². The van der Waals surface area contributed by atoms with Gasteiger partial charge in [0.25, 0.3) is 0 Å². The van der Waals surface area contributed by atoms with Crippen LogP contribution in [0.3, 0.4) is 0 Å². The quantitative estimate of drug-likeness (QED) is 0.0169. The van der Waals surface area contributed by atoms with E-state index in [1.54, 1.807) is 0 Å². The Morgan fingerprint density at radius 3 is 0.759 bits per heavy atom. The van der Waals surface area contributed by atoms with Crippen molar-refractivity contribution >= 4 is 39.5 Å². The molecule has 108 heavy (non-hydrogen) atoms. The first-order chi connectivity index (χ1) is 52.7. The van der Waals surface area contributed by atoms with Crippen LogP contribution in [0.15, 0.2) is 122 Å². The van der Waals surface area contributed by atoms with Gasteiger partial charge < -0.3 is 33.8 Å². The van der Waals surface area contributed by atoms with Gasteiger partial charge in [-0.05, 0) is 135 Å². The molecule has 19 heteroatoms. The van der Waals surface area contributed by atoms with Gasteiger partial charge in [-0.3, -0.25) is 37.3 Å². The first-order valence-electron chi connectivity index (χ1n) is 42.8. The van der Waals surface area contributed by atoms with Crippen LogP contribution in [0.1, 0.15) is 362 Å². The van der Waals surface area contributed by atoms with Crippen molar-refractivity contribution in [2.24, 2.45) is 0 Å². The second-order valence-corrected chi connectivity index (χ2v) is 31.3. The fraction of sp³-hybridized carbons (Fsp3) is 0.730. The molecule has 0 spiro atoms. The lowest BCUT2D eigenvalue weighted by molar-refractivity contribution is -0.161. The average Bonchev–Trinajstić information content (AvgIpc) is 0.923. The number of aliphatic hydroxyl groups is 1. The minimum absolute atomic E-state index is 0.0744. The maximum absolute atomic E-state index is 13.1. The second-order valence-electron chi connectivity index (χ2n) is 28.4. The highest BCUT2D eigenvalue weighted by atomic mass is 31.2. The maximum atomic E-state index is 13.1. The summed E-state index contributed by atoms with van der Waals surface area (Å²) >= 11 is 0. The van der Waals surface area contributed by atoms with Gasteiger partial charge in [0.15, 0.2) is 12.2 Å². The molecule has 0 fully saturated rings. The third-order valence-electron chi connectivity index (χ3n) is 17.9. The lowest BCUT2D eigenvalue weighted by Crippen LogP contribution is -2.30. The van der Waals surface area contributed by atoms with Gasteiger partial charge in [-0.2, -0.15) is 0 Å². The predicted octanol–water partition coefficient (Wildman–Crippen LogP) is 25.5. The average molecular weight is 1560 g/mol. The standard InChI is InChI=1S/C89H154O17P2/c1-5-9-13-17-21-25-29-33-37-39-41-43-47-49-53-57-61-65-69-73-86(91)99-79-84(105-88(93)75-71-67-63-59-55-51-45-35-31-27-23-19-15-11-7-3)81-103-107(95,96)101-77-83(90)78-102-108(97,98)104-82-85(106-89(94)76-72-68-64-60-56-52-46-36-32-28-24-20-16-12-8-4)80-100-87(92)74-70-66-62-58-54-50-48-44-42-40-38-34-30-26-22-18-14-10-6-2/h9-10,13-14,21-23,25-27,33-35,37-38,41-45,83-85,90H,5-8,11-12,15-20,24,28-32,36,39-40,46-82H2,1-4H3,(H,95,96)(H,97,98)/b13-9-,14-10-,25-21-,26-22-,27-23-,37-33-,38-34-,43-41-,44-42-,45-35-. The molecule has 3 N–H and O–H groups in total. The number of hydrogen-bond donors (Lipinski definition) is 3. The fourth-order valence-corrected chi connectivity index (χ4v) is 13.0. The SMILES string of the molecule is CC/C=C\C/C=C\C/C=C\C/C=C\CCCCCCCCC(=O)OCC(COP(=O)(O)OCC(O)COP(=O)(O)OCC(COC(=O)CCCCCCCC/C=C\C/C=C\C/C=C\C/C=C\CC)OC(=O)CCCCCCCCCCCCCCCCC)OC(=O)CCCCCCC/C=C\C/C=C\CCCCC. The van der Waals surface area contributed by atoms with Gasteiger partial charge >= 0.3 is 39.5 Å². The molecule has 0 aromatic rings. The van der Waals surface area contributed by atoms with Crippen LogP contribution in [0.25, 0.3) is 0 Å². The Hall–Kier alpha value is -4.54. The minimum atomic E-state index is -4.99. The van der Waals surface area contributed by atoms with Crippen LogP contribution < -0.4 is 0 Å². The number of rotatable bonds is 80. The lowest BCUT2D eigenvalue weighted by atomic mass is 10.0. The number of hydrogen-bond acceptors (Lipinski definition) is 15. The van der Waals surface area contributed by atoms with E-state index in [2.05, 4.69) is 149 Å². The first kappa shape index (κ1) is 103. The van der Waals surface area contributed by atoms with E-state index in [0.717, 1.165) is 199 Å². The van der Waals surface area contributed by atoms with Gasteiger partial charge in [0.1, 0.15) is 19.3 Å². The van der Waals surface area contributed by atoms with Crippen LogP contribution >= 0.6 is 15.6 Å². The Balaban J connectivity index is 5.38. The number of esters is 4. The Morgan fingerprint density at radius 1 is 0.269 bits per heavy atom. The zero-order chi connectivity index (χ0) is 78.9. The second kappa shape index (κ2) is 80.5. The Labute approximate surface area is 657 Å². The highest BCUT2D eigenvalue weighted by molar-refractivity contribution is 7.47. The van der Waals surface area contributed by atoms with Crippen LogP contribution in [0.5, 0.6) is 0 Å². The summed E-state index contributed by atoms with van der Waals surface area (Å²) in [7, 11) is -9.97. The van der Waals surface area contributed by atoms with E-state index >= 15 is 0 Å². The van der Waals surface area contributed by atoms with Gasteiger partial charge in [0.05, 0.1) is 26.4 Å². The molecule has 0 heterocycles. The molecular formula is C89H154O17P2. The molecular weight excluding hydrogens is 1400 g/mol. The molecule has 0 rings (SSSR count). The molecule has 0 saturated carbocycles. The summed E-state index contributed by atoms with van der Waals surface area (Å²) in [4.78, 5) is 73.3. The van der Waals surface area contributed by atoms with Gasteiger partial charge in [0.2, 0.25) is 0 Å². The van der Waals surface area contributed by atoms with Crippen molar-refractivity contribution in [3.8, 4) is 0 Å². The Morgan fingerprint density at radius 2 is 0.481 bits per heavy atom. The number of ether oxygens (including phenoxy) is 4. The Bertz CT molecular complexity index is 2520. The number of allylic oxidation sites excluding steroid dienone is 20. The van der Waals surface area contributed by atoms with E-state index in [1.165, 1.54) is 83.5 Å². The summed E-state index contributed by atoms with van der Waals surface area (Å²) < 4.78 is 68.8. The number of phosphoric acid groups is 2. The zero-order valence-corrected chi connectivity index (χ0v) is 70.0. The van der Waals surface area contributed by atoms with Crippen molar-refractivity contribution in [3.63, 3.8) is 0 Å². The van der Waals surface area contributed by atoms with E-state index in [1.807, 2.05) is 0 Å². The number of unbranched alkanes of at least 4 members (excludes halogenated alkanes) is 34. The smallest absolute Gasteiger partial charge is 0.462 e. The van der Waals surface area contributed by atoms with E-state index in [-0.39, 0.29) is 25.7 Å². The molecule has 0 amide bonds. The molecule has 0 aliphatic rings. The summed E-state index contributed by atoms with van der Waals surface area (Å²) in [5.41, 5.74) is 0. The number of phosphoric ester groups is 2. The van der Waals surface area contributed by atoms with Crippen molar-refractivity contribution in [1.29, 1.82) is 0 Å². The monoisotopic (exact) mass is 1560 g/mol.